The van der Waals surface area contributed by atoms with E-state index in [9.17, 15) is 9.18 Å². The number of para-hydroxylation sites is 1. The molecule has 0 saturated heterocycles. The van der Waals surface area contributed by atoms with Crippen LogP contribution in [0.2, 0.25) is 0 Å². The van der Waals surface area contributed by atoms with Gasteiger partial charge in [0.15, 0.2) is 16.8 Å². The second kappa shape index (κ2) is 7.84. The molecule has 0 atom stereocenters. The summed E-state index contributed by atoms with van der Waals surface area (Å²) in [4.78, 5) is 17.6. The SMILES string of the molecule is CCc1nn2c(nnc3c(=O)n(Cc4ccccc4OC)cnc32)c1-c1ccc(F)cc1. The molecule has 3 aromatic heterocycles. The predicted molar refractivity (Wildman–Crippen MR) is 117 cm³/mol. The Bertz CT molecular complexity index is 1510. The Hall–Kier alpha value is -4.14. The first-order chi connectivity index (χ1) is 15.6. The maximum atomic E-state index is 13.4. The third-order valence-corrected chi connectivity index (χ3v) is 5.37. The molecule has 0 aliphatic carbocycles. The van der Waals surface area contributed by atoms with E-state index in [0.717, 1.165) is 22.4 Å². The van der Waals surface area contributed by atoms with Crippen molar-refractivity contribution in [2.75, 3.05) is 7.11 Å². The molecular weight excluding hydrogens is 411 g/mol. The molecule has 0 amide bonds. The summed E-state index contributed by atoms with van der Waals surface area (Å²) in [5.41, 5.74) is 3.71. The van der Waals surface area contributed by atoms with Crippen LogP contribution in [0, 0.1) is 5.82 Å². The van der Waals surface area contributed by atoms with Crippen molar-refractivity contribution < 1.29 is 9.13 Å². The smallest absolute Gasteiger partial charge is 0.283 e. The van der Waals surface area contributed by atoms with Crippen LogP contribution in [0.4, 0.5) is 4.39 Å². The summed E-state index contributed by atoms with van der Waals surface area (Å²) in [6.07, 6.45) is 2.10. The van der Waals surface area contributed by atoms with E-state index in [4.69, 9.17) is 4.74 Å². The topological polar surface area (TPSA) is 87.2 Å². The third kappa shape index (κ3) is 3.18. The van der Waals surface area contributed by atoms with E-state index in [-0.39, 0.29) is 23.4 Å². The monoisotopic (exact) mass is 430 g/mol. The summed E-state index contributed by atoms with van der Waals surface area (Å²) in [6, 6.07) is 13.6. The molecule has 0 N–H and O–H groups in total. The van der Waals surface area contributed by atoms with Crippen LogP contribution in [0.1, 0.15) is 18.2 Å². The number of aromatic nitrogens is 6. The average molecular weight is 430 g/mol. The third-order valence-electron chi connectivity index (χ3n) is 5.37. The van der Waals surface area contributed by atoms with E-state index >= 15 is 0 Å². The minimum absolute atomic E-state index is 0.116. The van der Waals surface area contributed by atoms with Crippen LogP contribution in [0.3, 0.4) is 0 Å². The van der Waals surface area contributed by atoms with Gasteiger partial charge in [-0.2, -0.15) is 9.61 Å². The molecule has 2 aromatic carbocycles. The van der Waals surface area contributed by atoms with Gasteiger partial charge < -0.3 is 4.74 Å². The van der Waals surface area contributed by atoms with Gasteiger partial charge in [-0.05, 0) is 30.2 Å². The lowest BCUT2D eigenvalue weighted by Gasteiger charge is -2.10. The number of nitrogens with zero attached hydrogens (tertiary/aromatic N) is 6. The van der Waals surface area contributed by atoms with Crippen LogP contribution in [-0.4, -0.2) is 36.5 Å². The van der Waals surface area contributed by atoms with E-state index in [1.54, 1.807) is 19.2 Å². The summed E-state index contributed by atoms with van der Waals surface area (Å²) >= 11 is 0. The number of halogens is 1. The van der Waals surface area contributed by atoms with Crippen molar-refractivity contribution in [2.24, 2.45) is 0 Å². The second-order valence-corrected chi connectivity index (χ2v) is 7.28. The maximum Gasteiger partial charge on any atom is 0.283 e. The number of aryl methyl sites for hydroxylation is 1. The van der Waals surface area contributed by atoms with Gasteiger partial charge in [0, 0.05) is 5.56 Å². The first kappa shape index (κ1) is 19.8. The summed E-state index contributed by atoms with van der Waals surface area (Å²) in [5, 5.41) is 13.1. The van der Waals surface area contributed by atoms with Gasteiger partial charge in [0.1, 0.15) is 17.9 Å². The van der Waals surface area contributed by atoms with Crippen molar-refractivity contribution in [1.29, 1.82) is 0 Å². The van der Waals surface area contributed by atoms with Crippen LogP contribution in [-0.2, 0) is 13.0 Å². The Labute approximate surface area is 181 Å². The van der Waals surface area contributed by atoms with Crippen LogP contribution in [0.15, 0.2) is 59.7 Å². The molecule has 5 aromatic rings. The molecule has 160 valence electrons. The minimum atomic E-state index is -0.327. The van der Waals surface area contributed by atoms with Crippen molar-refractivity contribution in [1.82, 2.24) is 29.4 Å². The molecule has 0 saturated carbocycles. The predicted octanol–water partition coefficient (Wildman–Crippen LogP) is 3.26. The summed E-state index contributed by atoms with van der Waals surface area (Å²) in [5.74, 6) is 0.363. The molecule has 5 rings (SSSR count). The average Bonchev–Trinajstić information content (AvgIpc) is 3.21. The Morgan fingerprint density at radius 3 is 2.56 bits per heavy atom. The lowest BCUT2D eigenvalue weighted by Crippen LogP contribution is -2.23. The number of methoxy groups -OCH3 is 1. The fraction of sp³-hybridized carbons (Fsp3) is 0.174. The lowest BCUT2D eigenvalue weighted by molar-refractivity contribution is 0.408. The first-order valence-corrected chi connectivity index (χ1v) is 10.1. The summed E-state index contributed by atoms with van der Waals surface area (Å²) in [6.45, 7) is 2.25. The van der Waals surface area contributed by atoms with Gasteiger partial charge in [-0.3, -0.25) is 9.36 Å². The molecule has 0 aliphatic heterocycles. The zero-order valence-electron chi connectivity index (χ0n) is 17.5. The highest BCUT2D eigenvalue weighted by molar-refractivity contribution is 5.83. The standard InChI is InChI=1S/C23H19FN6O2/c1-3-17-19(14-8-10-16(24)11-9-14)21-27-26-20-22(30(21)28-17)25-13-29(23(20)31)12-15-6-4-5-7-18(15)32-2/h4-11,13H,3,12H2,1-2H3. The second-order valence-electron chi connectivity index (χ2n) is 7.28. The van der Waals surface area contributed by atoms with Crippen LogP contribution in [0.25, 0.3) is 27.9 Å². The van der Waals surface area contributed by atoms with Gasteiger partial charge >= 0.3 is 0 Å². The van der Waals surface area contributed by atoms with Crippen molar-refractivity contribution in [3.63, 3.8) is 0 Å². The molecular formula is C23H19FN6O2. The minimum Gasteiger partial charge on any atom is -0.496 e. The number of benzene rings is 2. The van der Waals surface area contributed by atoms with Gasteiger partial charge in [0.2, 0.25) is 0 Å². The molecule has 0 fully saturated rings. The Morgan fingerprint density at radius 2 is 1.81 bits per heavy atom. The fourth-order valence-corrected chi connectivity index (χ4v) is 3.79. The van der Waals surface area contributed by atoms with Gasteiger partial charge in [-0.15, -0.1) is 10.2 Å². The van der Waals surface area contributed by atoms with E-state index in [0.29, 0.717) is 23.5 Å². The van der Waals surface area contributed by atoms with Gasteiger partial charge in [-0.25, -0.2) is 9.37 Å². The number of fused-ring (bicyclic) bond motifs is 3. The molecule has 0 bridgehead atoms. The van der Waals surface area contributed by atoms with Gasteiger partial charge in [0.25, 0.3) is 5.56 Å². The quantitative estimate of drug-likeness (QED) is 0.425. The number of ether oxygens (including phenoxy) is 1. The number of hydrogen-bond acceptors (Lipinski definition) is 6. The fourth-order valence-electron chi connectivity index (χ4n) is 3.79. The Morgan fingerprint density at radius 1 is 1.03 bits per heavy atom. The van der Waals surface area contributed by atoms with Crippen molar-refractivity contribution in [2.45, 2.75) is 19.9 Å². The molecule has 0 aliphatic rings. The Balaban J connectivity index is 1.67. The van der Waals surface area contributed by atoms with Gasteiger partial charge in [-0.1, -0.05) is 37.3 Å². The van der Waals surface area contributed by atoms with E-state index < -0.39 is 0 Å². The summed E-state index contributed by atoms with van der Waals surface area (Å²) in [7, 11) is 1.59. The van der Waals surface area contributed by atoms with Crippen LogP contribution >= 0.6 is 0 Å². The molecule has 9 heteroatoms. The normalized spacial score (nSPS) is 11.3. The molecule has 0 spiro atoms. The first-order valence-electron chi connectivity index (χ1n) is 10.1. The zero-order chi connectivity index (χ0) is 22.2. The van der Waals surface area contributed by atoms with Crippen LogP contribution < -0.4 is 10.3 Å². The molecule has 3 heterocycles. The zero-order valence-corrected chi connectivity index (χ0v) is 17.5. The van der Waals surface area contributed by atoms with Gasteiger partial charge in [0.05, 0.1) is 24.9 Å². The lowest BCUT2D eigenvalue weighted by atomic mass is 10.0. The van der Waals surface area contributed by atoms with Crippen molar-refractivity contribution in [3.8, 4) is 16.9 Å². The molecule has 0 radical (unpaired) electrons. The molecule has 8 nitrogen and oxygen atoms in total. The van der Waals surface area contributed by atoms with Crippen molar-refractivity contribution >= 4 is 16.8 Å². The highest BCUT2D eigenvalue weighted by atomic mass is 19.1. The molecule has 0 unspecified atom stereocenters. The van der Waals surface area contributed by atoms with Crippen molar-refractivity contribution in [3.05, 3.63) is 82.3 Å². The Kier molecular flexibility index (Phi) is 4.85. The van der Waals surface area contributed by atoms with Crippen LogP contribution in [0.5, 0.6) is 5.75 Å². The maximum absolute atomic E-state index is 13.4. The number of hydrogen-bond donors (Lipinski definition) is 0. The summed E-state index contributed by atoms with van der Waals surface area (Å²) < 4.78 is 21.8. The number of rotatable bonds is 5. The molecule has 32 heavy (non-hydrogen) atoms. The van der Waals surface area contributed by atoms with E-state index in [1.165, 1.54) is 27.5 Å². The van der Waals surface area contributed by atoms with E-state index in [2.05, 4.69) is 20.3 Å². The highest BCUT2D eigenvalue weighted by Crippen LogP contribution is 2.28. The largest absolute Gasteiger partial charge is 0.496 e. The van der Waals surface area contributed by atoms with E-state index in [1.807, 2.05) is 31.2 Å². The highest BCUT2D eigenvalue weighted by Gasteiger charge is 2.19.